The fraction of sp³-hybridized carbons (Fsp3) is 0.524. The number of oxime groups is 1. The maximum absolute atomic E-state index is 12.9. The van der Waals surface area contributed by atoms with Crippen molar-refractivity contribution in [2.75, 3.05) is 13.2 Å². The van der Waals surface area contributed by atoms with Crippen LogP contribution in [-0.4, -0.2) is 29.8 Å². The molecule has 1 aliphatic heterocycles. The molecular formula is C21H26ClNO4. The van der Waals surface area contributed by atoms with Gasteiger partial charge in [-0.2, -0.15) is 0 Å². The molecule has 1 N–H and O–H groups in total. The van der Waals surface area contributed by atoms with E-state index in [0.29, 0.717) is 42.4 Å². The average molecular weight is 392 g/mol. The van der Waals surface area contributed by atoms with Gasteiger partial charge < -0.3 is 14.7 Å². The Morgan fingerprint density at radius 3 is 2.67 bits per heavy atom. The van der Waals surface area contributed by atoms with Gasteiger partial charge in [-0.3, -0.25) is 4.79 Å². The molecule has 3 rings (SSSR count). The van der Waals surface area contributed by atoms with Crippen LogP contribution < -0.4 is 4.74 Å². The Morgan fingerprint density at radius 1 is 1.30 bits per heavy atom. The predicted octanol–water partition coefficient (Wildman–Crippen LogP) is 4.95. The van der Waals surface area contributed by atoms with Crippen LogP contribution in [0.15, 0.2) is 16.5 Å². The quantitative estimate of drug-likeness (QED) is 0.569. The minimum atomic E-state index is -0.174. The van der Waals surface area contributed by atoms with Crippen LogP contribution in [0.5, 0.6) is 5.75 Å². The smallest absolute Gasteiger partial charge is 0.168 e. The van der Waals surface area contributed by atoms with Crippen molar-refractivity contribution in [3.8, 4) is 5.75 Å². The number of ketones is 1. The molecule has 146 valence electrons. The molecule has 0 spiro atoms. The lowest BCUT2D eigenvalue weighted by atomic mass is 9.78. The summed E-state index contributed by atoms with van der Waals surface area (Å²) in [7, 11) is 0. The fourth-order valence-electron chi connectivity index (χ4n) is 4.07. The van der Waals surface area contributed by atoms with Gasteiger partial charge >= 0.3 is 0 Å². The Kier molecular flexibility index (Phi) is 5.80. The first kappa shape index (κ1) is 19.7. The molecule has 1 heterocycles. The van der Waals surface area contributed by atoms with Crippen LogP contribution in [0, 0.1) is 13.8 Å². The normalized spacial score (nSPS) is 20.0. The zero-order chi connectivity index (χ0) is 19.7. The van der Waals surface area contributed by atoms with Crippen LogP contribution in [0.25, 0.3) is 0 Å². The van der Waals surface area contributed by atoms with Crippen LogP contribution in [0.1, 0.15) is 61.3 Å². The second-order valence-corrected chi connectivity index (χ2v) is 7.42. The van der Waals surface area contributed by atoms with Crippen molar-refractivity contribution in [3.05, 3.63) is 38.6 Å². The van der Waals surface area contributed by atoms with E-state index in [1.54, 1.807) is 0 Å². The Bertz CT molecular complexity index is 841. The van der Waals surface area contributed by atoms with Crippen molar-refractivity contribution < 1.29 is 19.5 Å². The highest BCUT2D eigenvalue weighted by Gasteiger charge is 2.35. The van der Waals surface area contributed by atoms with Gasteiger partial charge in [0.05, 0.1) is 22.9 Å². The summed E-state index contributed by atoms with van der Waals surface area (Å²) in [6.07, 6.45) is 2.00. The van der Waals surface area contributed by atoms with Gasteiger partial charge in [0.1, 0.15) is 18.1 Å². The third kappa shape index (κ3) is 3.45. The van der Waals surface area contributed by atoms with Gasteiger partial charge in [0.2, 0.25) is 0 Å². The van der Waals surface area contributed by atoms with E-state index in [1.165, 1.54) is 0 Å². The van der Waals surface area contributed by atoms with Gasteiger partial charge in [0, 0.05) is 30.7 Å². The molecular weight excluding hydrogens is 366 g/mol. The maximum atomic E-state index is 12.9. The Hall–Kier alpha value is -2.01. The van der Waals surface area contributed by atoms with E-state index in [4.69, 9.17) is 21.2 Å². The van der Waals surface area contributed by atoms with Crippen molar-refractivity contribution in [3.63, 3.8) is 0 Å². The van der Waals surface area contributed by atoms with Crippen LogP contribution in [0.2, 0.25) is 5.02 Å². The van der Waals surface area contributed by atoms with Crippen LogP contribution in [0.4, 0.5) is 0 Å². The minimum absolute atomic E-state index is 0.0612. The molecule has 27 heavy (non-hydrogen) atoms. The van der Waals surface area contributed by atoms with E-state index in [1.807, 2.05) is 20.8 Å². The second kappa shape index (κ2) is 7.93. The molecule has 0 bridgehead atoms. The lowest BCUT2D eigenvalue weighted by molar-refractivity contribution is -0.116. The van der Waals surface area contributed by atoms with Gasteiger partial charge in [-0.05, 0) is 43.9 Å². The lowest BCUT2D eigenvalue weighted by Gasteiger charge is -2.27. The van der Waals surface area contributed by atoms with Gasteiger partial charge in [-0.15, -0.1) is 0 Å². The van der Waals surface area contributed by atoms with E-state index >= 15 is 0 Å². The zero-order valence-electron chi connectivity index (χ0n) is 16.3. The first-order valence-corrected chi connectivity index (χ1v) is 9.87. The number of fused-ring (bicyclic) bond motifs is 1. The number of nitrogens with zero attached hydrogens (tertiary/aromatic N) is 1. The summed E-state index contributed by atoms with van der Waals surface area (Å²) >= 11 is 6.68. The molecule has 0 amide bonds. The molecule has 1 atom stereocenters. The molecule has 5 nitrogen and oxygen atoms in total. The van der Waals surface area contributed by atoms with Crippen molar-refractivity contribution in [1.82, 2.24) is 0 Å². The van der Waals surface area contributed by atoms with E-state index in [0.717, 1.165) is 34.4 Å². The Balaban J connectivity index is 2.01. The topological polar surface area (TPSA) is 68.1 Å². The van der Waals surface area contributed by atoms with E-state index in [2.05, 4.69) is 12.1 Å². The third-order valence-corrected chi connectivity index (χ3v) is 5.88. The summed E-state index contributed by atoms with van der Waals surface area (Å²) in [5.74, 6) is 0.500. The highest BCUT2D eigenvalue weighted by atomic mass is 35.5. The number of hydrogen-bond acceptors (Lipinski definition) is 5. The van der Waals surface area contributed by atoms with Crippen molar-refractivity contribution in [2.45, 2.75) is 59.3 Å². The molecule has 6 heteroatoms. The van der Waals surface area contributed by atoms with Crippen LogP contribution in [-0.2, 0) is 16.1 Å². The number of aliphatic hydroxyl groups is 1. The summed E-state index contributed by atoms with van der Waals surface area (Å²) in [6, 6.07) is 0. The molecule has 1 unspecified atom stereocenters. The molecule has 1 aromatic carbocycles. The monoisotopic (exact) mass is 391 g/mol. The van der Waals surface area contributed by atoms with E-state index in [9.17, 15) is 9.90 Å². The Labute approximate surface area is 165 Å². The van der Waals surface area contributed by atoms with Crippen LogP contribution >= 0.6 is 11.6 Å². The summed E-state index contributed by atoms with van der Waals surface area (Å²) in [5.41, 5.74) is 5.10. The number of benzene rings is 1. The molecule has 0 radical (unpaired) electrons. The number of carbonyl (C=O) groups is 1. The lowest BCUT2D eigenvalue weighted by Crippen LogP contribution is -2.24. The first-order valence-electron chi connectivity index (χ1n) is 9.49. The molecule has 1 aliphatic carbocycles. The number of ether oxygens (including phenoxy) is 1. The van der Waals surface area contributed by atoms with Gasteiger partial charge in [0.25, 0.3) is 0 Å². The number of rotatable bonds is 5. The summed E-state index contributed by atoms with van der Waals surface area (Å²) < 4.78 is 5.74. The molecule has 0 saturated heterocycles. The maximum Gasteiger partial charge on any atom is 0.168 e. The number of allylic oxidation sites excluding steroid dienone is 2. The van der Waals surface area contributed by atoms with Crippen molar-refractivity contribution >= 4 is 23.1 Å². The predicted molar refractivity (Wildman–Crippen MR) is 106 cm³/mol. The van der Waals surface area contributed by atoms with Gasteiger partial charge in [-0.1, -0.05) is 23.7 Å². The van der Waals surface area contributed by atoms with Crippen molar-refractivity contribution in [2.24, 2.45) is 5.16 Å². The van der Waals surface area contributed by atoms with Crippen molar-refractivity contribution in [1.29, 1.82) is 0 Å². The first-order chi connectivity index (χ1) is 12.9. The summed E-state index contributed by atoms with van der Waals surface area (Å²) in [4.78, 5) is 18.0. The number of halogens is 1. The summed E-state index contributed by atoms with van der Waals surface area (Å²) in [5, 5.41) is 15.3. The zero-order valence-corrected chi connectivity index (χ0v) is 17.1. The molecule has 2 aliphatic rings. The molecule has 0 fully saturated rings. The highest BCUT2D eigenvalue weighted by Crippen LogP contribution is 2.47. The number of hydrogen-bond donors (Lipinski definition) is 1. The molecule has 0 saturated carbocycles. The number of Topliss-reactive ketones (excluding diaryl/α,β-unsaturated/α-hetero) is 1. The van der Waals surface area contributed by atoms with E-state index < -0.39 is 0 Å². The number of aliphatic hydroxyl groups excluding tert-OH is 1. The highest BCUT2D eigenvalue weighted by molar-refractivity contribution is 6.33. The number of carbonyl (C=O) groups excluding carboxylic acids is 1. The summed E-state index contributed by atoms with van der Waals surface area (Å²) in [6.45, 7) is 8.86. The molecule has 0 aromatic heterocycles. The van der Waals surface area contributed by atoms with Crippen LogP contribution in [0.3, 0.4) is 0 Å². The van der Waals surface area contributed by atoms with Gasteiger partial charge in [-0.25, -0.2) is 0 Å². The third-order valence-electron chi connectivity index (χ3n) is 5.50. The molecule has 1 aromatic rings. The largest absolute Gasteiger partial charge is 0.511 e. The minimum Gasteiger partial charge on any atom is -0.511 e. The SMILES string of the molecule is CCON=C(CC)C1=C(O)CC(c2c(C)c(C)c3c(c2Cl)OCC3)CC1=O. The Morgan fingerprint density at radius 2 is 2.04 bits per heavy atom. The second-order valence-electron chi connectivity index (χ2n) is 7.04. The average Bonchev–Trinajstić information content (AvgIpc) is 3.12. The standard InChI is InChI=1S/C21H26ClNO4/c1-5-15(23-27-6-2)19-16(24)9-13(10-17(19)25)18-12(4)11(3)14-7-8-26-21(14)20(18)22/h13,24H,5-10H2,1-4H3. The van der Waals surface area contributed by atoms with Gasteiger partial charge in [0.15, 0.2) is 5.78 Å². The fourth-order valence-corrected chi connectivity index (χ4v) is 4.53. The van der Waals surface area contributed by atoms with E-state index in [-0.39, 0.29) is 23.9 Å².